The summed E-state index contributed by atoms with van der Waals surface area (Å²) in [5.74, 6) is 0.855. The molecule has 1 aliphatic rings. The number of fused-ring (bicyclic) bond motifs is 1. The van der Waals surface area contributed by atoms with Crippen molar-refractivity contribution in [3.05, 3.63) is 83.1 Å². The molecule has 1 unspecified atom stereocenters. The lowest BCUT2D eigenvalue weighted by molar-refractivity contribution is 0.293. The van der Waals surface area contributed by atoms with Crippen molar-refractivity contribution in [1.29, 1.82) is 0 Å². The topological polar surface area (TPSA) is 29.4 Å². The minimum Gasteiger partial charge on any atom is -0.494 e. The van der Waals surface area contributed by atoms with Crippen molar-refractivity contribution in [2.45, 2.75) is 19.5 Å². The molecule has 0 amide bonds. The Balaban J connectivity index is 1.59. The van der Waals surface area contributed by atoms with Crippen LogP contribution in [0.15, 0.2) is 66.9 Å². The van der Waals surface area contributed by atoms with Gasteiger partial charge in [0.05, 0.1) is 12.6 Å². The van der Waals surface area contributed by atoms with Crippen molar-refractivity contribution < 1.29 is 4.74 Å². The fourth-order valence-corrected chi connectivity index (χ4v) is 4.03. The van der Waals surface area contributed by atoms with E-state index < -0.39 is 0 Å². The molecule has 1 aromatic heterocycles. The molecule has 0 spiro atoms. The van der Waals surface area contributed by atoms with E-state index in [1.54, 1.807) is 0 Å². The van der Waals surface area contributed by atoms with Crippen LogP contribution in [0.1, 0.15) is 24.2 Å². The lowest BCUT2D eigenvalue weighted by Gasteiger charge is -2.39. The van der Waals surface area contributed by atoms with Gasteiger partial charge in [-0.05, 0) is 73.2 Å². The predicted molar refractivity (Wildman–Crippen MR) is 118 cm³/mol. The molecule has 0 saturated heterocycles. The summed E-state index contributed by atoms with van der Waals surface area (Å²) < 4.78 is 7.80. The molecule has 0 bridgehead atoms. The summed E-state index contributed by atoms with van der Waals surface area (Å²) in [6, 6.07) is 20.2. The van der Waals surface area contributed by atoms with Gasteiger partial charge in [-0.3, -0.25) is 0 Å². The summed E-state index contributed by atoms with van der Waals surface area (Å²) >= 11 is 11.9. The van der Waals surface area contributed by atoms with Crippen molar-refractivity contribution in [1.82, 2.24) is 9.47 Å². The maximum Gasteiger partial charge on any atom is 0.174 e. The van der Waals surface area contributed by atoms with Gasteiger partial charge in [0.2, 0.25) is 0 Å². The third-order valence-electron chi connectivity index (χ3n) is 4.90. The molecule has 4 nitrogen and oxygen atoms in total. The molecule has 1 atom stereocenters. The fourth-order valence-electron chi connectivity index (χ4n) is 3.59. The molecule has 0 aliphatic carbocycles. The Labute approximate surface area is 175 Å². The van der Waals surface area contributed by atoms with Crippen LogP contribution >= 0.6 is 23.8 Å². The number of aromatic nitrogens is 1. The first-order valence-electron chi connectivity index (χ1n) is 9.36. The second kappa shape index (κ2) is 8.25. The van der Waals surface area contributed by atoms with E-state index in [1.165, 1.54) is 11.3 Å². The molecular formula is C22H22ClN3OS. The van der Waals surface area contributed by atoms with Gasteiger partial charge in [0.25, 0.3) is 0 Å². The maximum atomic E-state index is 6.10. The van der Waals surface area contributed by atoms with Gasteiger partial charge < -0.3 is 19.5 Å². The van der Waals surface area contributed by atoms with E-state index >= 15 is 0 Å². The zero-order valence-electron chi connectivity index (χ0n) is 15.6. The van der Waals surface area contributed by atoms with Crippen LogP contribution in [-0.2, 0) is 6.54 Å². The standard InChI is InChI=1S/C22H22ClN3OS/c1-2-27-19-11-9-18(10-12-19)24-22(28)26-15-14-25-13-3-4-20(25)21(26)16-5-7-17(23)8-6-16/h3-13,21H,2,14-15H2,1H3,(H,24,28). The molecule has 1 aliphatic heterocycles. The first-order chi connectivity index (χ1) is 13.7. The number of hydrogen-bond acceptors (Lipinski definition) is 2. The van der Waals surface area contributed by atoms with E-state index in [0.717, 1.165) is 29.5 Å². The van der Waals surface area contributed by atoms with Crippen LogP contribution < -0.4 is 10.1 Å². The average molecular weight is 412 g/mol. The molecule has 0 fully saturated rings. The number of ether oxygens (including phenoxy) is 1. The molecule has 2 aromatic carbocycles. The molecule has 144 valence electrons. The normalized spacial score (nSPS) is 15.8. The van der Waals surface area contributed by atoms with Crippen molar-refractivity contribution in [3.8, 4) is 5.75 Å². The number of nitrogens with zero attached hydrogens (tertiary/aromatic N) is 2. The monoisotopic (exact) mass is 411 g/mol. The van der Waals surface area contributed by atoms with E-state index in [1.807, 2.05) is 43.3 Å². The quantitative estimate of drug-likeness (QED) is 0.586. The predicted octanol–water partition coefficient (Wildman–Crippen LogP) is 5.34. The number of halogens is 1. The minimum atomic E-state index is 0.0451. The molecular weight excluding hydrogens is 390 g/mol. The molecule has 1 N–H and O–H groups in total. The molecule has 3 aromatic rings. The van der Waals surface area contributed by atoms with Gasteiger partial charge in [0.15, 0.2) is 5.11 Å². The number of hydrogen-bond donors (Lipinski definition) is 1. The highest BCUT2D eigenvalue weighted by Crippen LogP contribution is 2.33. The second-order valence-corrected chi connectivity index (χ2v) is 7.48. The summed E-state index contributed by atoms with van der Waals surface area (Å²) in [4.78, 5) is 2.24. The van der Waals surface area contributed by atoms with E-state index in [-0.39, 0.29) is 6.04 Å². The average Bonchev–Trinajstić information content (AvgIpc) is 3.18. The van der Waals surface area contributed by atoms with Gasteiger partial charge >= 0.3 is 0 Å². The van der Waals surface area contributed by atoms with Crippen LogP contribution in [0, 0.1) is 0 Å². The maximum absolute atomic E-state index is 6.10. The van der Waals surface area contributed by atoms with Gasteiger partial charge in [-0.25, -0.2) is 0 Å². The number of rotatable bonds is 4. The summed E-state index contributed by atoms with van der Waals surface area (Å²) in [6.45, 7) is 4.36. The van der Waals surface area contributed by atoms with Crippen LogP contribution in [0.25, 0.3) is 0 Å². The Bertz CT molecular complexity index is 953. The minimum absolute atomic E-state index is 0.0451. The summed E-state index contributed by atoms with van der Waals surface area (Å²) in [5.41, 5.74) is 3.34. The first kappa shape index (κ1) is 18.8. The number of nitrogens with one attached hydrogen (secondary N) is 1. The number of benzene rings is 2. The number of anilines is 1. The van der Waals surface area contributed by atoms with E-state index in [9.17, 15) is 0 Å². The van der Waals surface area contributed by atoms with Crippen LogP contribution in [0.2, 0.25) is 5.02 Å². The Hall–Kier alpha value is -2.50. The lowest BCUT2D eigenvalue weighted by Crippen LogP contribution is -2.44. The van der Waals surface area contributed by atoms with Crippen LogP contribution in [0.3, 0.4) is 0 Å². The largest absolute Gasteiger partial charge is 0.494 e. The molecule has 0 radical (unpaired) electrons. The molecule has 2 heterocycles. The van der Waals surface area contributed by atoms with Crippen molar-refractivity contribution in [3.63, 3.8) is 0 Å². The van der Waals surface area contributed by atoms with Crippen molar-refractivity contribution in [2.24, 2.45) is 0 Å². The highest BCUT2D eigenvalue weighted by molar-refractivity contribution is 7.80. The first-order valence-corrected chi connectivity index (χ1v) is 10.2. The molecule has 6 heteroatoms. The van der Waals surface area contributed by atoms with Gasteiger partial charge in [-0.15, -0.1) is 0 Å². The third kappa shape index (κ3) is 3.86. The Morgan fingerprint density at radius 2 is 1.86 bits per heavy atom. The molecule has 0 saturated carbocycles. The van der Waals surface area contributed by atoms with Crippen LogP contribution in [-0.4, -0.2) is 27.7 Å². The summed E-state index contributed by atoms with van der Waals surface area (Å²) in [6.07, 6.45) is 2.12. The highest BCUT2D eigenvalue weighted by atomic mass is 35.5. The number of thiocarbonyl (C=S) groups is 1. The van der Waals surface area contributed by atoms with E-state index in [2.05, 4.69) is 45.2 Å². The summed E-state index contributed by atoms with van der Waals surface area (Å²) in [5, 5.41) is 4.82. The van der Waals surface area contributed by atoms with E-state index in [4.69, 9.17) is 28.6 Å². The second-order valence-electron chi connectivity index (χ2n) is 6.66. The van der Waals surface area contributed by atoms with Gasteiger partial charge in [-0.1, -0.05) is 23.7 Å². The van der Waals surface area contributed by atoms with Gasteiger partial charge in [0.1, 0.15) is 5.75 Å². The van der Waals surface area contributed by atoms with E-state index in [0.29, 0.717) is 11.7 Å². The zero-order chi connectivity index (χ0) is 19.5. The van der Waals surface area contributed by atoms with Crippen LogP contribution in [0.5, 0.6) is 5.75 Å². The molecule has 4 rings (SSSR count). The van der Waals surface area contributed by atoms with Crippen LogP contribution in [0.4, 0.5) is 5.69 Å². The SMILES string of the molecule is CCOc1ccc(NC(=S)N2CCn3cccc3C2c2ccc(Cl)cc2)cc1. The Morgan fingerprint density at radius 1 is 1.11 bits per heavy atom. The smallest absolute Gasteiger partial charge is 0.174 e. The Morgan fingerprint density at radius 3 is 2.57 bits per heavy atom. The van der Waals surface area contributed by atoms with Crippen molar-refractivity contribution >= 4 is 34.6 Å². The third-order valence-corrected chi connectivity index (χ3v) is 5.49. The fraction of sp³-hybridized carbons (Fsp3) is 0.227. The van der Waals surface area contributed by atoms with Gasteiger partial charge in [-0.2, -0.15) is 0 Å². The summed E-state index contributed by atoms with van der Waals surface area (Å²) in [7, 11) is 0. The van der Waals surface area contributed by atoms with Gasteiger partial charge in [0, 0.05) is 35.7 Å². The Kier molecular flexibility index (Phi) is 5.55. The van der Waals surface area contributed by atoms with Crippen molar-refractivity contribution in [2.75, 3.05) is 18.5 Å². The lowest BCUT2D eigenvalue weighted by atomic mass is 10.0. The molecule has 28 heavy (non-hydrogen) atoms. The highest BCUT2D eigenvalue weighted by Gasteiger charge is 2.30. The zero-order valence-corrected chi connectivity index (χ0v) is 17.2.